The zero-order valence-electron chi connectivity index (χ0n) is 13.3. The molecule has 0 saturated carbocycles. The fourth-order valence-corrected chi connectivity index (χ4v) is 4.57. The van der Waals surface area contributed by atoms with Gasteiger partial charge in [-0.05, 0) is 50.8 Å². The molecule has 6 heteroatoms. The third-order valence-electron chi connectivity index (χ3n) is 3.94. The highest BCUT2D eigenvalue weighted by molar-refractivity contribution is 7.98. The molecule has 0 fully saturated rings. The quantitative estimate of drug-likeness (QED) is 0.467. The average Bonchev–Trinajstić information content (AvgIpc) is 2.92. The molecular formula is C16H23N3OS2. The molecule has 3 rings (SSSR count). The molecular weight excluding hydrogens is 314 g/mol. The molecule has 2 aromatic heterocycles. The van der Waals surface area contributed by atoms with Crippen LogP contribution in [0.15, 0.2) is 5.16 Å². The topological polar surface area (TPSA) is 47.0 Å². The maximum Gasteiger partial charge on any atom is 0.190 e. The number of nitrogens with zero attached hydrogens (tertiary/aromatic N) is 2. The van der Waals surface area contributed by atoms with Crippen molar-refractivity contribution in [3.63, 3.8) is 0 Å². The van der Waals surface area contributed by atoms with Crippen LogP contribution >= 0.6 is 23.1 Å². The Morgan fingerprint density at radius 2 is 2.14 bits per heavy atom. The highest BCUT2D eigenvalue weighted by Crippen LogP contribution is 2.39. The molecule has 0 atom stereocenters. The van der Waals surface area contributed by atoms with Gasteiger partial charge in [0.15, 0.2) is 5.16 Å². The Kier molecular flexibility index (Phi) is 5.55. The molecule has 0 aliphatic heterocycles. The van der Waals surface area contributed by atoms with Gasteiger partial charge in [0.25, 0.3) is 0 Å². The summed E-state index contributed by atoms with van der Waals surface area (Å²) in [6, 6.07) is 0. The average molecular weight is 338 g/mol. The van der Waals surface area contributed by atoms with Crippen LogP contribution in [-0.4, -0.2) is 36.0 Å². The number of hydrogen-bond donors (Lipinski definition) is 1. The molecule has 0 amide bonds. The van der Waals surface area contributed by atoms with Gasteiger partial charge in [0.2, 0.25) is 0 Å². The summed E-state index contributed by atoms with van der Waals surface area (Å²) in [4.78, 5) is 12.1. The van der Waals surface area contributed by atoms with Crippen molar-refractivity contribution in [1.29, 1.82) is 0 Å². The summed E-state index contributed by atoms with van der Waals surface area (Å²) in [6.07, 6.45) is 8.00. The molecule has 120 valence electrons. The maximum atomic E-state index is 5.40. The highest BCUT2D eigenvalue weighted by atomic mass is 32.2. The SMILES string of the molecule is CCOCCCNc1nc(SC)nc2sc3c(c12)CCCC3. The number of fused-ring (bicyclic) bond motifs is 3. The van der Waals surface area contributed by atoms with Crippen molar-refractivity contribution in [2.75, 3.05) is 31.3 Å². The van der Waals surface area contributed by atoms with Crippen LogP contribution in [0.2, 0.25) is 0 Å². The number of nitrogens with one attached hydrogen (secondary N) is 1. The van der Waals surface area contributed by atoms with E-state index in [0.29, 0.717) is 0 Å². The Morgan fingerprint density at radius 1 is 1.27 bits per heavy atom. The summed E-state index contributed by atoms with van der Waals surface area (Å²) in [5.74, 6) is 1.02. The summed E-state index contributed by atoms with van der Waals surface area (Å²) in [7, 11) is 0. The molecule has 22 heavy (non-hydrogen) atoms. The van der Waals surface area contributed by atoms with Crippen LogP contribution in [0.3, 0.4) is 0 Å². The summed E-state index contributed by atoms with van der Waals surface area (Å²) in [5.41, 5.74) is 1.49. The van der Waals surface area contributed by atoms with E-state index in [4.69, 9.17) is 14.7 Å². The second-order valence-corrected chi connectivity index (χ2v) is 7.28. The first-order chi connectivity index (χ1) is 10.8. The van der Waals surface area contributed by atoms with Crippen molar-refractivity contribution in [2.24, 2.45) is 0 Å². The lowest BCUT2D eigenvalue weighted by Gasteiger charge is -2.13. The van der Waals surface area contributed by atoms with Gasteiger partial charge in [-0.2, -0.15) is 0 Å². The van der Waals surface area contributed by atoms with E-state index in [0.717, 1.165) is 42.0 Å². The molecule has 0 aromatic carbocycles. The van der Waals surface area contributed by atoms with Crippen LogP contribution < -0.4 is 5.32 Å². The van der Waals surface area contributed by atoms with Crippen LogP contribution in [0.4, 0.5) is 5.82 Å². The lowest BCUT2D eigenvalue weighted by atomic mass is 9.97. The van der Waals surface area contributed by atoms with Crippen molar-refractivity contribution >= 4 is 39.1 Å². The van der Waals surface area contributed by atoms with Gasteiger partial charge in [-0.1, -0.05) is 11.8 Å². The second kappa shape index (κ2) is 7.62. The van der Waals surface area contributed by atoms with Gasteiger partial charge in [0, 0.05) is 24.6 Å². The van der Waals surface area contributed by atoms with Gasteiger partial charge in [-0.15, -0.1) is 11.3 Å². The van der Waals surface area contributed by atoms with Gasteiger partial charge < -0.3 is 10.1 Å². The predicted molar refractivity (Wildman–Crippen MR) is 95.4 cm³/mol. The van der Waals surface area contributed by atoms with Crippen LogP contribution in [0, 0.1) is 0 Å². The molecule has 2 heterocycles. The van der Waals surface area contributed by atoms with E-state index in [-0.39, 0.29) is 0 Å². The Labute approximate surface area is 140 Å². The number of aromatic nitrogens is 2. The predicted octanol–water partition coefficient (Wildman–Crippen LogP) is 4.13. The number of rotatable bonds is 7. The monoisotopic (exact) mass is 337 g/mol. The van der Waals surface area contributed by atoms with E-state index in [1.807, 2.05) is 24.5 Å². The third-order valence-corrected chi connectivity index (χ3v) is 5.67. The van der Waals surface area contributed by atoms with E-state index in [1.165, 1.54) is 41.5 Å². The standard InChI is InChI=1S/C16H23N3OS2/c1-3-20-10-6-9-17-14-13-11-7-4-5-8-12(11)22-15(13)19-16(18-14)21-2/h3-10H2,1-2H3,(H,17,18,19). The lowest BCUT2D eigenvalue weighted by Crippen LogP contribution is -2.09. The van der Waals surface area contributed by atoms with Gasteiger partial charge in [0.1, 0.15) is 10.6 Å². The zero-order valence-corrected chi connectivity index (χ0v) is 14.9. The van der Waals surface area contributed by atoms with Crippen molar-refractivity contribution in [1.82, 2.24) is 9.97 Å². The highest BCUT2D eigenvalue weighted by Gasteiger charge is 2.20. The fraction of sp³-hybridized carbons (Fsp3) is 0.625. The van der Waals surface area contributed by atoms with Crippen LogP contribution in [0.25, 0.3) is 10.2 Å². The summed E-state index contributed by atoms with van der Waals surface area (Å²) in [5, 5.41) is 5.65. The molecule has 0 spiro atoms. The minimum atomic E-state index is 0.784. The van der Waals surface area contributed by atoms with Crippen molar-refractivity contribution in [3.8, 4) is 0 Å². The lowest BCUT2D eigenvalue weighted by molar-refractivity contribution is 0.147. The number of thiophene rings is 1. The molecule has 0 bridgehead atoms. The molecule has 2 aromatic rings. The number of ether oxygens (including phenoxy) is 1. The van der Waals surface area contributed by atoms with Gasteiger partial charge in [0.05, 0.1) is 5.39 Å². The first-order valence-corrected chi connectivity index (χ1v) is 10.1. The Hall–Kier alpha value is -0.850. The van der Waals surface area contributed by atoms with E-state index in [9.17, 15) is 0 Å². The number of aryl methyl sites for hydroxylation is 2. The largest absolute Gasteiger partial charge is 0.382 e. The zero-order chi connectivity index (χ0) is 15.4. The molecule has 1 aliphatic carbocycles. The molecule has 1 aliphatic rings. The second-order valence-electron chi connectivity index (χ2n) is 5.43. The summed E-state index contributed by atoms with van der Waals surface area (Å²) in [6.45, 7) is 4.51. The molecule has 4 nitrogen and oxygen atoms in total. The minimum absolute atomic E-state index is 0.784. The van der Waals surface area contributed by atoms with Crippen molar-refractivity contribution in [2.45, 2.75) is 44.2 Å². The smallest absolute Gasteiger partial charge is 0.190 e. The maximum absolute atomic E-state index is 5.40. The minimum Gasteiger partial charge on any atom is -0.382 e. The molecule has 1 N–H and O–H groups in total. The Balaban J connectivity index is 1.87. The first-order valence-electron chi connectivity index (χ1n) is 8.01. The van der Waals surface area contributed by atoms with Crippen LogP contribution in [-0.2, 0) is 17.6 Å². The van der Waals surface area contributed by atoms with Gasteiger partial charge in [-0.3, -0.25) is 0 Å². The third kappa shape index (κ3) is 3.39. The Morgan fingerprint density at radius 3 is 2.95 bits per heavy atom. The Bertz CT molecular complexity index is 642. The van der Waals surface area contributed by atoms with Crippen LogP contribution in [0.1, 0.15) is 36.6 Å². The summed E-state index contributed by atoms with van der Waals surface area (Å²) < 4.78 is 5.40. The number of anilines is 1. The number of thioether (sulfide) groups is 1. The number of hydrogen-bond acceptors (Lipinski definition) is 6. The van der Waals surface area contributed by atoms with E-state index in [2.05, 4.69) is 5.32 Å². The fourth-order valence-electron chi connectivity index (χ4n) is 2.88. The van der Waals surface area contributed by atoms with Crippen molar-refractivity contribution in [3.05, 3.63) is 10.4 Å². The normalized spacial score (nSPS) is 14.3. The first kappa shape index (κ1) is 16.0. The van der Waals surface area contributed by atoms with E-state index < -0.39 is 0 Å². The molecule has 0 saturated heterocycles. The van der Waals surface area contributed by atoms with Gasteiger partial charge >= 0.3 is 0 Å². The molecule has 0 unspecified atom stereocenters. The summed E-state index contributed by atoms with van der Waals surface area (Å²) >= 11 is 3.47. The molecule has 0 radical (unpaired) electrons. The van der Waals surface area contributed by atoms with E-state index in [1.54, 1.807) is 11.8 Å². The van der Waals surface area contributed by atoms with Crippen molar-refractivity contribution < 1.29 is 4.74 Å². The van der Waals surface area contributed by atoms with Crippen LogP contribution in [0.5, 0.6) is 0 Å². The van der Waals surface area contributed by atoms with Gasteiger partial charge in [-0.25, -0.2) is 9.97 Å². The van der Waals surface area contributed by atoms with E-state index >= 15 is 0 Å².